The molecule has 0 aromatic rings. The Kier molecular flexibility index (Phi) is 2.62. The molecule has 0 aliphatic carbocycles. The normalized spacial score (nSPS) is 33.7. The molecule has 64 valence electrons. The Morgan fingerprint density at radius 1 is 1.64 bits per heavy atom. The Morgan fingerprint density at radius 3 is 2.55 bits per heavy atom. The van der Waals surface area contributed by atoms with Crippen LogP contribution in [-0.4, -0.2) is 29.2 Å². The van der Waals surface area contributed by atoms with Crippen molar-refractivity contribution in [3.05, 3.63) is 0 Å². The summed E-state index contributed by atoms with van der Waals surface area (Å²) >= 11 is 0. The van der Waals surface area contributed by atoms with E-state index in [-0.39, 0.29) is 18.0 Å². The van der Waals surface area contributed by atoms with Crippen LogP contribution in [0.15, 0.2) is 0 Å². The van der Waals surface area contributed by atoms with Crippen LogP contribution in [0.25, 0.3) is 0 Å². The third-order valence-corrected chi connectivity index (χ3v) is 2.04. The maximum Gasteiger partial charge on any atom is 0.158 e. The number of carbonyl (C=O) groups is 1. The van der Waals surface area contributed by atoms with Gasteiger partial charge in [-0.1, -0.05) is 0 Å². The van der Waals surface area contributed by atoms with Gasteiger partial charge in [0.1, 0.15) is 6.10 Å². The van der Waals surface area contributed by atoms with Gasteiger partial charge in [-0.25, -0.2) is 0 Å². The van der Waals surface area contributed by atoms with Crippen LogP contribution in [0, 0.1) is 0 Å². The molecule has 0 amide bonds. The Hall–Kier alpha value is -0.410. The molecule has 0 spiro atoms. The lowest BCUT2D eigenvalue weighted by atomic mass is 10.1. The molecule has 1 aliphatic rings. The van der Waals surface area contributed by atoms with E-state index in [1.54, 1.807) is 6.92 Å². The third-order valence-electron chi connectivity index (χ3n) is 2.04. The van der Waals surface area contributed by atoms with Crippen molar-refractivity contribution in [3.63, 3.8) is 0 Å². The molecule has 0 radical (unpaired) electrons. The van der Waals surface area contributed by atoms with Crippen molar-refractivity contribution in [2.24, 2.45) is 0 Å². The standard InChI is InChI=1S/C8H14O3/c1-5(9)7-3-4-8(11-7)6(2)10/h5,7-9H,3-4H2,1-2H3/t5?,7-,8-/m0/s1. The maximum absolute atomic E-state index is 10.8. The molecule has 1 saturated heterocycles. The summed E-state index contributed by atoms with van der Waals surface area (Å²) in [6.07, 6.45) is 0.685. The van der Waals surface area contributed by atoms with E-state index in [2.05, 4.69) is 0 Å². The second-order valence-electron chi connectivity index (χ2n) is 3.09. The monoisotopic (exact) mass is 158 g/mol. The summed E-state index contributed by atoms with van der Waals surface area (Å²) in [4.78, 5) is 10.8. The SMILES string of the molecule is CC(=O)[C@@H]1CC[C@@H](C(C)O)O1. The molecule has 0 aromatic heterocycles. The number of Topliss-reactive ketones (excluding diaryl/α,β-unsaturated/α-hetero) is 1. The van der Waals surface area contributed by atoms with Crippen molar-refractivity contribution in [2.75, 3.05) is 0 Å². The first-order chi connectivity index (χ1) is 5.11. The highest BCUT2D eigenvalue weighted by molar-refractivity contribution is 5.80. The summed E-state index contributed by atoms with van der Waals surface area (Å²) in [7, 11) is 0. The average molecular weight is 158 g/mol. The summed E-state index contributed by atoms with van der Waals surface area (Å²) < 4.78 is 5.28. The molecule has 1 fully saturated rings. The van der Waals surface area contributed by atoms with Gasteiger partial charge in [0.15, 0.2) is 5.78 Å². The minimum Gasteiger partial charge on any atom is -0.391 e. The van der Waals surface area contributed by atoms with Crippen molar-refractivity contribution < 1.29 is 14.6 Å². The lowest BCUT2D eigenvalue weighted by Gasteiger charge is -2.13. The van der Waals surface area contributed by atoms with Crippen LogP contribution in [0.1, 0.15) is 26.7 Å². The van der Waals surface area contributed by atoms with Gasteiger partial charge in [-0.3, -0.25) is 4.79 Å². The van der Waals surface area contributed by atoms with E-state index >= 15 is 0 Å². The second kappa shape index (κ2) is 3.32. The zero-order valence-corrected chi connectivity index (χ0v) is 6.91. The highest BCUT2D eigenvalue weighted by Gasteiger charge is 2.30. The molecular weight excluding hydrogens is 144 g/mol. The molecule has 1 aliphatic heterocycles. The fraction of sp³-hybridized carbons (Fsp3) is 0.875. The Labute approximate surface area is 66.4 Å². The van der Waals surface area contributed by atoms with Crippen LogP contribution < -0.4 is 0 Å². The molecule has 1 rings (SSSR count). The van der Waals surface area contributed by atoms with E-state index in [1.165, 1.54) is 6.92 Å². The Balaban J connectivity index is 2.41. The lowest BCUT2D eigenvalue weighted by molar-refractivity contribution is -0.129. The van der Waals surface area contributed by atoms with Gasteiger partial charge in [0.25, 0.3) is 0 Å². The number of carbonyl (C=O) groups excluding carboxylic acids is 1. The molecule has 0 bridgehead atoms. The van der Waals surface area contributed by atoms with E-state index in [4.69, 9.17) is 9.84 Å². The van der Waals surface area contributed by atoms with Gasteiger partial charge in [0.2, 0.25) is 0 Å². The first-order valence-corrected chi connectivity index (χ1v) is 3.95. The van der Waals surface area contributed by atoms with Gasteiger partial charge in [-0.05, 0) is 26.7 Å². The number of rotatable bonds is 2. The zero-order valence-electron chi connectivity index (χ0n) is 6.91. The molecule has 3 atom stereocenters. The minimum atomic E-state index is -0.459. The molecule has 1 unspecified atom stereocenters. The topological polar surface area (TPSA) is 46.5 Å². The molecule has 3 heteroatoms. The maximum atomic E-state index is 10.8. The lowest BCUT2D eigenvalue weighted by Crippen LogP contribution is -2.25. The first-order valence-electron chi connectivity index (χ1n) is 3.95. The quantitative estimate of drug-likeness (QED) is 0.636. The van der Waals surface area contributed by atoms with E-state index in [0.29, 0.717) is 0 Å². The van der Waals surface area contributed by atoms with Gasteiger partial charge < -0.3 is 9.84 Å². The fourth-order valence-electron chi connectivity index (χ4n) is 1.32. The summed E-state index contributed by atoms with van der Waals surface area (Å²) in [6, 6.07) is 0. The van der Waals surface area contributed by atoms with Crippen LogP contribution in [-0.2, 0) is 9.53 Å². The van der Waals surface area contributed by atoms with Crippen LogP contribution in [0.2, 0.25) is 0 Å². The largest absolute Gasteiger partial charge is 0.391 e. The summed E-state index contributed by atoms with van der Waals surface area (Å²) in [5, 5.41) is 9.12. The second-order valence-corrected chi connectivity index (χ2v) is 3.09. The van der Waals surface area contributed by atoms with Gasteiger partial charge in [0.05, 0.1) is 12.2 Å². The predicted octanol–water partition coefficient (Wildman–Crippen LogP) is 0.504. The van der Waals surface area contributed by atoms with Crippen LogP contribution >= 0.6 is 0 Å². The van der Waals surface area contributed by atoms with Gasteiger partial charge in [0, 0.05) is 0 Å². The highest BCUT2D eigenvalue weighted by Crippen LogP contribution is 2.22. The van der Waals surface area contributed by atoms with Crippen molar-refractivity contribution >= 4 is 5.78 Å². The summed E-state index contributed by atoms with van der Waals surface area (Å²) in [5.41, 5.74) is 0. The molecule has 0 aromatic carbocycles. The summed E-state index contributed by atoms with van der Waals surface area (Å²) in [6.45, 7) is 3.21. The van der Waals surface area contributed by atoms with Crippen molar-refractivity contribution in [2.45, 2.75) is 45.0 Å². The predicted molar refractivity (Wildman–Crippen MR) is 40.3 cm³/mol. The molecule has 0 saturated carbocycles. The highest BCUT2D eigenvalue weighted by atomic mass is 16.5. The zero-order chi connectivity index (χ0) is 8.43. The number of hydrogen-bond donors (Lipinski definition) is 1. The van der Waals surface area contributed by atoms with E-state index in [9.17, 15) is 4.79 Å². The first kappa shape index (κ1) is 8.68. The molecule has 3 nitrogen and oxygen atoms in total. The molecule has 11 heavy (non-hydrogen) atoms. The number of aliphatic hydroxyl groups excluding tert-OH is 1. The molecular formula is C8H14O3. The number of ketones is 1. The summed E-state index contributed by atoms with van der Waals surface area (Å²) in [5.74, 6) is 0.0631. The van der Waals surface area contributed by atoms with Crippen LogP contribution in [0.5, 0.6) is 0 Å². The van der Waals surface area contributed by atoms with E-state index in [0.717, 1.165) is 12.8 Å². The smallest absolute Gasteiger partial charge is 0.158 e. The Bertz CT molecular complexity index is 153. The Morgan fingerprint density at radius 2 is 2.27 bits per heavy atom. The number of hydrogen-bond acceptors (Lipinski definition) is 3. The van der Waals surface area contributed by atoms with Gasteiger partial charge >= 0.3 is 0 Å². The van der Waals surface area contributed by atoms with Crippen LogP contribution in [0.3, 0.4) is 0 Å². The molecule has 1 heterocycles. The van der Waals surface area contributed by atoms with Gasteiger partial charge in [-0.2, -0.15) is 0 Å². The minimum absolute atomic E-state index is 0.0631. The number of ether oxygens (including phenoxy) is 1. The van der Waals surface area contributed by atoms with E-state index in [1.807, 2.05) is 0 Å². The van der Waals surface area contributed by atoms with E-state index < -0.39 is 6.10 Å². The van der Waals surface area contributed by atoms with Gasteiger partial charge in [-0.15, -0.1) is 0 Å². The third kappa shape index (κ3) is 2.01. The van der Waals surface area contributed by atoms with Crippen molar-refractivity contribution in [3.8, 4) is 0 Å². The van der Waals surface area contributed by atoms with Crippen molar-refractivity contribution in [1.82, 2.24) is 0 Å². The van der Waals surface area contributed by atoms with Crippen LogP contribution in [0.4, 0.5) is 0 Å². The van der Waals surface area contributed by atoms with Crippen molar-refractivity contribution in [1.29, 1.82) is 0 Å². The average Bonchev–Trinajstić information content (AvgIpc) is 2.33. The number of aliphatic hydroxyl groups is 1. The fourth-order valence-corrected chi connectivity index (χ4v) is 1.32. The molecule has 1 N–H and O–H groups in total.